The Labute approximate surface area is 108 Å². The van der Waals surface area contributed by atoms with Crippen LogP contribution in [0.2, 0.25) is 0 Å². The van der Waals surface area contributed by atoms with Crippen LogP contribution in [0.25, 0.3) is 0 Å². The number of rotatable bonds is 4. The van der Waals surface area contributed by atoms with E-state index >= 15 is 0 Å². The minimum Gasteiger partial charge on any atom is -0.381 e. The average Bonchev–Trinajstić information content (AvgIpc) is 2.81. The smallest absolute Gasteiger partial charge is 0.180 e. The molecule has 1 aromatic heterocycles. The molecule has 0 N–H and O–H groups in total. The fraction of sp³-hybridized carbons (Fsp3) is 0.615. The lowest BCUT2D eigenvalue weighted by Crippen LogP contribution is -2.16. The Hall–Kier alpha value is -0.940. The van der Waals surface area contributed by atoms with Gasteiger partial charge in [-0.3, -0.25) is 4.98 Å². The zero-order valence-electron chi connectivity index (χ0n) is 10.8. The number of aromatic nitrogens is 1. The van der Waals surface area contributed by atoms with E-state index in [2.05, 4.69) is 4.98 Å². The van der Waals surface area contributed by atoms with Gasteiger partial charge in [0.25, 0.3) is 0 Å². The summed E-state index contributed by atoms with van der Waals surface area (Å²) in [6.07, 6.45) is 2.30. The van der Waals surface area contributed by atoms with Crippen molar-refractivity contribution in [1.82, 2.24) is 4.98 Å². The number of ether oxygens (including phenoxy) is 1. The molecule has 1 aliphatic rings. The molecule has 0 aliphatic carbocycles. The molecule has 1 atom stereocenters. The molecule has 0 bridgehead atoms. The second-order valence-corrected chi connectivity index (χ2v) is 7.12. The van der Waals surface area contributed by atoms with E-state index in [1.54, 1.807) is 12.1 Å². The average molecular weight is 269 g/mol. The monoisotopic (exact) mass is 269 g/mol. The minimum atomic E-state index is -3.23. The summed E-state index contributed by atoms with van der Waals surface area (Å²) in [4.78, 5) is 4.53. The van der Waals surface area contributed by atoms with E-state index in [4.69, 9.17) is 4.74 Å². The van der Waals surface area contributed by atoms with E-state index in [1.165, 1.54) is 6.20 Å². The molecular weight excluding hydrogens is 250 g/mol. The highest BCUT2D eigenvalue weighted by Crippen LogP contribution is 2.20. The van der Waals surface area contributed by atoms with Crippen molar-refractivity contribution in [2.45, 2.75) is 31.1 Å². The van der Waals surface area contributed by atoms with Gasteiger partial charge in [-0.15, -0.1) is 0 Å². The van der Waals surface area contributed by atoms with E-state index in [9.17, 15) is 8.42 Å². The normalized spacial score (nSPS) is 20.5. The third-order valence-electron chi connectivity index (χ3n) is 3.19. The van der Waals surface area contributed by atoms with Crippen LogP contribution in [0.5, 0.6) is 0 Å². The fourth-order valence-electron chi connectivity index (χ4n) is 2.04. The maximum atomic E-state index is 12.2. The van der Waals surface area contributed by atoms with Gasteiger partial charge in [0.05, 0.1) is 17.3 Å². The van der Waals surface area contributed by atoms with E-state index < -0.39 is 9.84 Å². The molecule has 100 valence electrons. The summed E-state index contributed by atoms with van der Waals surface area (Å²) in [5.41, 5.74) is 0.915. The Morgan fingerprint density at radius 2 is 2.22 bits per heavy atom. The van der Waals surface area contributed by atoms with Crippen LogP contribution in [-0.2, 0) is 14.6 Å². The molecule has 0 amide bonds. The molecule has 1 fully saturated rings. The highest BCUT2D eigenvalue weighted by Gasteiger charge is 2.24. The van der Waals surface area contributed by atoms with Crippen LogP contribution in [0.4, 0.5) is 0 Å². The van der Waals surface area contributed by atoms with Crippen molar-refractivity contribution in [3.63, 3.8) is 0 Å². The van der Waals surface area contributed by atoms with Gasteiger partial charge >= 0.3 is 0 Å². The molecule has 18 heavy (non-hydrogen) atoms. The molecule has 1 aliphatic heterocycles. The lowest BCUT2D eigenvalue weighted by atomic mass is 10.1. The third kappa shape index (κ3) is 3.09. The quantitative estimate of drug-likeness (QED) is 0.839. The van der Waals surface area contributed by atoms with Crippen LogP contribution in [0.15, 0.2) is 23.2 Å². The van der Waals surface area contributed by atoms with Crippen LogP contribution in [0.3, 0.4) is 0 Å². The number of hydrogen-bond acceptors (Lipinski definition) is 4. The van der Waals surface area contributed by atoms with Crippen molar-refractivity contribution in [3.05, 3.63) is 24.0 Å². The molecule has 4 nitrogen and oxygen atoms in total. The molecule has 0 saturated carbocycles. The van der Waals surface area contributed by atoms with E-state index in [0.717, 1.165) is 12.1 Å². The fourth-order valence-corrected chi connectivity index (χ4v) is 3.60. The molecule has 0 radical (unpaired) electrons. The van der Waals surface area contributed by atoms with Crippen molar-refractivity contribution in [1.29, 1.82) is 0 Å². The van der Waals surface area contributed by atoms with Crippen LogP contribution in [0.1, 0.15) is 31.9 Å². The summed E-state index contributed by atoms with van der Waals surface area (Å²) < 4.78 is 29.6. The van der Waals surface area contributed by atoms with Crippen molar-refractivity contribution in [2.75, 3.05) is 19.0 Å². The predicted octanol–water partition coefficient (Wildman–Crippen LogP) is 2.02. The van der Waals surface area contributed by atoms with Gasteiger partial charge < -0.3 is 4.74 Å². The SMILES string of the molecule is CC(C)c1ccc(S(=O)(=O)CC2CCOC2)cn1. The second kappa shape index (κ2) is 5.36. The number of pyridine rings is 1. The first-order valence-corrected chi connectivity index (χ1v) is 7.91. The lowest BCUT2D eigenvalue weighted by molar-refractivity contribution is 0.188. The van der Waals surface area contributed by atoms with Gasteiger partial charge in [0.15, 0.2) is 9.84 Å². The number of sulfone groups is 1. The van der Waals surface area contributed by atoms with Gasteiger partial charge in [0.1, 0.15) is 0 Å². The van der Waals surface area contributed by atoms with E-state index in [-0.39, 0.29) is 11.7 Å². The first-order chi connectivity index (χ1) is 8.49. The molecule has 5 heteroatoms. The molecule has 1 saturated heterocycles. The Bertz CT molecular complexity index is 487. The van der Waals surface area contributed by atoms with Crippen LogP contribution in [-0.4, -0.2) is 32.4 Å². The molecular formula is C13H19NO3S. The predicted molar refractivity (Wildman–Crippen MR) is 69.3 cm³/mol. The highest BCUT2D eigenvalue weighted by atomic mass is 32.2. The standard InChI is InChI=1S/C13H19NO3S/c1-10(2)13-4-3-12(7-14-13)18(15,16)9-11-5-6-17-8-11/h3-4,7,10-11H,5-6,8-9H2,1-2H3. The number of hydrogen-bond donors (Lipinski definition) is 0. The van der Waals surface area contributed by atoms with Gasteiger partial charge in [-0.05, 0) is 30.4 Å². The summed E-state index contributed by atoms with van der Waals surface area (Å²) >= 11 is 0. The molecule has 0 spiro atoms. The van der Waals surface area contributed by atoms with Crippen molar-refractivity contribution < 1.29 is 13.2 Å². The zero-order chi connectivity index (χ0) is 13.2. The Morgan fingerprint density at radius 3 is 2.72 bits per heavy atom. The minimum absolute atomic E-state index is 0.125. The highest BCUT2D eigenvalue weighted by molar-refractivity contribution is 7.91. The van der Waals surface area contributed by atoms with Gasteiger partial charge in [-0.2, -0.15) is 0 Å². The topological polar surface area (TPSA) is 56.3 Å². The van der Waals surface area contributed by atoms with E-state index in [1.807, 2.05) is 13.8 Å². The van der Waals surface area contributed by atoms with Crippen molar-refractivity contribution >= 4 is 9.84 Å². The largest absolute Gasteiger partial charge is 0.381 e. The second-order valence-electron chi connectivity index (χ2n) is 5.08. The van der Waals surface area contributed by atoms with Crippen LogP contribution >= 0.6 is 0 Å². The van der Waals surface area contributed by atoms with Crippen molar-refractivity contribution in [3.8, 4) is 0 Å². The zero-order valence-corrected chi connectivity index (χ0v) is 11.6. The molecule has 2 heterocycles. The number of nitrogens with zero attached hydrogens (tertiary/aromatic N) is 1. The van der Waals surface area contributed by atoms with Gasteiger partial charge in [-0.25, -0.2) is 8.42 Å². The Balaban J connectivity index is 2.13. The maximum Gasteiger partial charge on any atom is 0.180 e. The van der Waals surface area contributed by atoms with Crippen molar-refractivity contribution in [2.24, 2.45) is 5.92 Å². The Morgan fingerprint density at radius 1 is 1.44 bits per heavy atom. The molecule has 1 unspecified atom stereocenters. The molecule has 2 rings (SSSR count). The Kier molecular flexibility index (Phi) is 4.02. The van der Waals surface area contributed by atoms with Crippen LogP contribution < -0.4 is 0 Å². The van der Waals surface area contributed by atoms with Gasteiger partial charge in [0, 0.05) is 18.5 Å². The summed E-state index contributed by atoms with van der Waals surface area (Å²) in [6, 6.07) is 3.45. The summed E-state index contributed by atoms with van der Waals surface area (Å²) in [5.74, 6) is 0.597. The van der Waals surface area contributed by atoms with Gasteiger partial charge in [0.2, 0.25) is 0 Å². The first-order valence-electron chi connectivity index (χ1n) is 6.25. The maximum absolute atomic E-state index is 12.2. The molecule has 1 aromatic rings. The first kappa shape index (κ1) is 13.5. The summed E-state index contributed by atoms with van der Waals surface area (Å²) in [5, 5.41) is 0. The van der Waals surface area contributed by atoms with Crippen LogP contribution in [0, 0.1) is 5.92 Å². The third-order valence-corrected chi connectivity index (χ3v) is 5.06. The summed E-state index contributed by atoms with van der Waals surface area (Å²) in [7, 11) is -3.23. The molecule has 0 aromatic carbocycles. The summed E-state index contributed by atoms with van der Waals surface area (Å²) in [6.45, 7) is 5.29. The lowest BCUT2D eigenvalue weighted by Gasteiger charge is -2.10. The van der Waals surface area contributed by atoms with E-state index in [0.29, 0.717) is 24.0 Å². The van der Waals surface area contributed by atoms with Gasteiger partial charge in [-0.1, -0.05) is 13.8 Å².